The SMILES string of the molecule is CCC(=O)[C@H](C)c1csc(N)n1. The molecule has 1 rings (SSSR count). The zero-order valence-electron chi connectivity index (χ0n) is 7.20. The Morgan fingerprint density at radius 2 is 2.50 bits per heavy atom. The molecule has 0 unspecified atom stereocenters. The maximum absolute atomic E-state index is 11.2. The first-order valence-corrected chi connectivity index (χ1v) is 4.76. The molecule has 0 aliphatic carbocycles. The lowest BCUT2D eigenvalue weighted by molar-refractivity contribution is -0.119. The molecule has 1 heterocycles. The predicted octanol–water partition coefficient (Wildman–Crippen LogP) is 1.81. The van der Waals surface area contributed by atoms with Crippen LogP contribution in [0.5, 0.6) is 0 Å². The highest BCUT2D eigenvalue weighted by atomic mass is 32.1. The quantitative estimate of drug-likeness (QED) is 0.779. The van der Waals surface area contributed by atoms with Crippen LogP contribution in [0.3, 0.4) is 0 Å². The summed E-state index contributed by atoms with van der Waals surface area (Å²) in [5.41, 5.74) is 6.25. The van der Waals surface area contributed by atoms with Crippen LogP contribution in [0, 0.1) is 0 Å². The number of nitrogens with two attached hydrogens (primary N) is 1. The van der Waals surface area contributed by atoms with Crippen LogP contribution in [0.2, 0.25) is 0 Å². The van der Waals surface area contributed by atoms with Crippen LogP contribution in [-0.2, 0) is 4.79 Å². The van der Waals surface area contributed by atoms with Crippen molar-refractivity contribution in [3.63, 3.8) is 0 Å². The summed E-state index contributed by atoms with van der Waals surface area (Å²) in [6.07, 6.45) is 0.554. The normalized spacial score (nSPS) is 12.8. The van der Waals surface area contributed by atoms with Crippen LogP contribution in [0.15, 0.2) is 5.38 Å². The zero-order valence-corrected chi connectivity index (χ0v) is 8.02. The molecule has 0 bridgehead atoms. The zero-order chi connectivity index (χ0) is 9.14. The number of aromatic nitrogens is 1. The van der Waals surface area contributed by atoms with E-state index in [1.54, 1.807) is 0 Å². The van der Waals surface area contributed by atoms with E-state index >= 15 is 0 Å². The molecular formula is C8H12N2OS. The molecule has 66 valence electrons. The summed E-state index contributed by atoms with van der Waals surface area (Å²) in [5.74, 6) is 0.101. The van der Waals surface area contributed by atoms with E-state index in [1.807, 2.05) is 19.2 Å². The monoisotopic (exact) mass is 184 g/mol. The molecule has 0 saturated heterocycles. The second-order valence-corrected chi connectivity index (χ2v) is 3.54. The van der Waals surface area contributed by atoms with Gasteiger partial charge in [-0.2, -0.15) is 0 Å². The van der Waals surface area contributed by atoms with Crippen molar-refractivity contribution in [1.29, 1.82) is 0 Å². The van der Waals surface area contributed by atoms with Gasteiger partial charge in [0, 0.05) is 11.8 Å². The van der Waals surface area contributed by atoms with Crippen molar-refractivity contribution < 1.29 is 4.79 Å². The number of nitrogen functional groups attached to an aromatic ring is 1. The Morgan fingerprint density at radius 3 is 2.92 bits per heavy atom. The first-order chi connectivity index (χ1) is 5.65. The summed E-state index contributed by atoms with van der Waals surface area (Å²) in [7, 11) is 0. The lowest BCUT2D eigenvalue weighted by Gasteiger charge is -2.03. The fourth-order valence-electron chi connectivity index (χ4n) is 0.971. The van der Waals surface area contributed by atoms with Crippen molar-refractivity contribution >= 4 is 22.3 Å². The second-order valence-electron chi connectivity index (χ2n) is 2.65. The van der Waals surface area contributed by atoms with Crippen molar-refractivity contribution in [1.82, 2.24) is 4.98 Å². The number of ketones is 1. The molecule has 0 saturated carbocycles. The van der Waals surface area contributed by atoms with Gasteiger partial charge in [-0.25, -0.2) is 4.98 Å². The van der Waals surface area contributed by atoms with Gasteiger partial charge in [-0.1, -0.05) is 6.92 Å². The first kappa shape index (κ1) is 9.19. The molecule has 0 aromatic carbocycles. The number of hydrogen-bond donors (Lipinski definition) is 1. The third-order valence-corrected chi connectivity index (χ3v) is 2.51. The van der Waals surface area contributed by atoms with Gasteiger partial charge in [-0.05, 0) is 6.92 Å². The third-order valence-electron chi connectivity index (χ3n) is 1.81. The minimum Gasteiger partial charge on any atom is -0.375 e. The van der Waals surface area contributed by atoms with E-state index < -0.39 is 0 Å². The number of thiazole rings is 1. The fourth-order valence-corrected chi connectivity index (χ4v) is 1.63. The highest BCUT2D eigenvalue weighted by Crippen LogP contribution is 2.21. The van der Waals surface area contributed by atoms with E-state index in [-0.39, 0.29) is 11.7 Å². The highest BCUT2D eigenvalue weighted by Gasteiger charge is 2.15. The van der Waals surface area contributed by atoms with Gasteiger partial charge in [0.1, 0.15) is 5.78 Å². The molecule has 0 aliphatic heterocycles. The highest BCUT2D eigenvalue weighted by molar-refractivity contribution is 7.13. The molecule has 3 nitrogen and oxygen atoms in total. The molecule has 0 radical (unpaired) electrons. The first-order valence-electron chi connectivity index (χ1n) is 3.88. The van der Waals surface area contributed by atoms with E-state index in [9.17, 15) is 4.79 Å². The minimum atomic E-state index is -0.108. The van der Waals surface area contributed by atoms with Gasteiger partial charge in [0.2, 0.25) is 0 Å². The van der Waals surface area contributed by atoms with Crippen molar-refractivity contribution in [3.8, 4) is 0 Å². The van der Waals surface area contributed by atoms with Gasteiger partial charge in [0.05, 0.1) is 11.6 Å². The van der Waals surface area contributed by atoms with Crippen molar-refractivity contribution in [2.75, 3.05) is 5.73 Å². The van der Waals surface area contributed by atoms with E-state index in [0.29, 0.717) is 11.6 Å². The van der Waals surface area contributed by atoms with Gasteiger partial charge in [-0.3, -0.25) is 4.79 Å². The van der Waals surface area contributed by atoms with Gasteiger partial charge in [0.15, 0.2) is 5.13 Å². The van der Waals surface area contributed by atoms with Crippen molar-refractivity contribution in [2.45, 2.75) is 26.2 Å². The molecule has 12 heavy (non-hydrogen) atoms. The van der Waals surface area contributed by atoms with E-state index in [4.69, 9.17) is 5.73 Å². The second kappa shape index (κ2) is 3.67. The topological polar surface area (TPSA) is 56.0 Å². The number of rotatable bonds is 3. The summed E-state index contributed by atoms with van der Waals surface area (Å²) in [6, 6.07) is 0. The Hall–Kier alpha value is -0.900. The molecule has 1 aromatic rings. The lowest BCUT2D eigenvalue weighted by atomic mass is 10.0. The smallest absolute Gasteiger partial charge is 0.180 e. The standard InChI is InChI=1S/C8H12N2OS/c1-3-7(11)5(2)6-4-12-8(9)10-6/h4-5H,3H2,1-2H3,(H2,9,10)/t5-/m1/s1. The minimum absolute atomic E-state index is 0.108. The number of anilines is 1. The Balaban J connectivity index is 2.77. The largest absolute Gasteiger partial charge is 0.375 e. The molecule has 1 atom stereocenters. The maximum atomic E-state index is 11.2. The summed E-state index contributed by atoms with van der Waals surface area (Å²) in [6.45, 7) is 3.72. The van der Waals surface area contributed by atoms with Gasteiger partial charge in [-0.15, -0.1) is 11.3 Å². The molecule has 1 aromatic heterocycles. The predicted molar refractivity (Wildman–Crippen MR) is 50.2 cm³/mol. The van der Waals surface area contributed by atoms with Crippen molar-refractivity contribution in [3.05, 3.63) is 11.1 Å². The van der Waals surface area contributed by atoms with Crippen LogP contribution in [0.1, 0.15) is 31.9 Å². The van der Waals surface area contributed by atoms with Crippen LogP contribution in [0.25, 0.3) is 0 Å². The van der Waals surface area contributed by atoms with Gasteiger partial charge in [0.25, 0.3) is 0 Å². The number of nitrogens with zero attached hydrogens (tertiary/aromatic N) is 1. The fraction of sp³-hybridized carbons (Fsp3) is 0.500. The average Bonchev–Trinajstić information content (AvgIpc) is 2.49. The van der Waals surface area contributed by atoms with Crippen LogP contribution in [-0.4, -0.2) is 10.8 Å². The number of carbonyl (C=O) groups excluding carboxylic acids is 1. The number of carbonyl (C=O) groups is 1. The van der Waals surface area contributed by atoms with Gasteiger partial charge >= 0.3 is 0 Å². The van der Waals surface area contributed by atoms with Crippen LogP contribution >= 0.6 is 11.3 Å². The Labute approximate surface area is 75.6 Å². The molecule has 0 fully saturated rings. The average molecular weight is 184 g/mol. The van der Waals surface area contributed by atoms with Crippen LogP contribution in [0.4, 0.5) is 5.13 Å². The van der Waals surface area contributed by atoms with Gasteiger partial charge < -0.3 is 5.73 Å². The summed E-state index contributed by atoms with van der Waals surface area (Å²) >= 11 is 1.38. The number of hydrogen-bond acceptors (Lipinski definition) is 4. The molecule has 2 N–H and O–H groups in total. The Bertz CT molecular complexity index is 282. The van der Waals surface area contributed by atoms with Crippen molar-refractivity contribution in [2.24, 2.45) is 0 Å². The summed E-state index contributed by atoms with van der Waals surface area (Å²) in [4.78, 5) is 15.3. The lowest BCUT2D eigenvalue weighted by Crippen LogP contribution is -2.07. The summed E-state index contributed by atoms with van der Waals surface area (Å²) in [5, 5.41) is 2.37. The molecule has 0 aliphatic rings. The molecule has 0 spiro atoms. The maximum Gasteiger partial charge on any atom is 0.180 e. The summed E-state index contributed by atoms with van der Waals surface area (Å²) < 4.78 is 0. The molecular weight excluding hydrogens is 172 g/mol. The van der Waals surface area contributed by atoms with E-state index in [1.165, 1.54) is 11.3 Å². The van der Waals surface area contributed by atoms with E-state index in [2.05, 4.69) is 4.98 Å². The molecule has 0 amide bonds. The molecule has 4 heteroatoms. The third kappa shape index (κ3) is 1.82. The Kier molecular flexibility index (Phi) is 2.81. The number of Topliss-reactive ketones (excluding diaryl/α,β-unsaturated/α-hetero) is 1. The van der Waals surface area contributed by atoms with E-state index in [0.717, 1.165) is 5.69 Å². The Morgan fingerprint density at radius 1 is 1.83 bits per heavy atom. The van der Waals surface area contributed by atoms with Crippen LogP contribution < -0.4 is 5.73 Å².